The molecule has 9 heteroatoms. The van der Waals surface area contributed by atoms with E-state index in [0.29, 0.717) is 28.0 Å². The molecular weight excluding hydrogens is 365 g/mol. The van der Waals surface area contributed by atoms with Gasteiger partial charge in [-0.1, -0.05) is 29.3 Å². The Morgan fingerprint density at radius 2 is 2.08 bits per heavy atom. The molecule has 2 heterocycles. The molecule has 3 rings (SSSR count). The maximum atomic E-state index is 12.2. The molecule has 0 unspecified atom stereocenters. The smallest absolute Gasteiger partial charge is 0.276 e. The molecule has 0 aliphatic carbocycles. The van der Waals surface area contributed by atoms with Crippen LogP contribution in [-0.4, -0.2) is 32.6 Å². The zero-order valence-electron chi connectivity index (χ0n) is 13.3. The van der Waals surface area contributed by atoms with Crippen LogP contribution in [0.5, 0.6) is 0 Å². The van der Waals surface area contributed by atoms with Gasteiger partial charge in [0.2, 0.25) is 0 Å². The lowest BCUT2D eigenvalue weighted by atomic mass is 10.2. The Morgan fingerprint density at radius 3 is 2.84 bits per heavy atom. The molecule has 0 radical (unpaired) electrons. The van der Waals surface area contributed by atoms with Crippen LogP contribution in [0, 0.1) is 0 Å². The fourth-order valence-corrected chi connectivity index (χ4v) is 2.54. The summed E-state index contributed by atoms with van der Waals surface area (Å²) in [6.07, 6.45) is 4.97. The Balaban J connectivity index is 1.64. The van der Waals surface area contributed by atoms with Crippen molar-refractivity contribution >= 4 is 34.8 Å². The van der Waals surface area contributed by atoms with Crippen molar-refractivity contribution in [1.29, 1.82) is 0 Å². The minimum absolute atomic E-state index is 0.287. The molecular formula is C16H15Cl2N5O2. The molecule has 0 aliphatic heterocycles. The molecule has 0 spiro atoms. The molecule has 0 atom stereocenters. The number of nitrogens with one attached hydrogen (secondary N) is 1. The first-order valence-electron chi connectivity index (χ1n) is 7.35. The van der Waals surface area contributed by atoms with Crippen LogP contribution in [0.25, 0.3) is 0 Å². The lowest BCUT2D eigenvalue weighted by Gasteiger charge is -2.03. The third-order valence-electron chi connectivity index (χ3n) is 3.35. The number of hydrogen-bond donors (Lipinski definition) is 1. The second-order valence-electron chi connectivity index (χ2n) is 5.29. The lowest BCUT2D eigenvalue weighted by molar-refractivity contribution is 0.101. The highest BCUT2D eigenvalue weighted by Crippen LogP contribution is 2.23. The summed E-state index contributed by atoms with van der Waals surface area (Å²) in [6.45, 7) is 0.796. The molecule has 25 heavy (non-hydrogen) atoms. The average molecular weight is 380 g/mol. The molecule has 1 amide bonds. The van der Waals surface area contributed by atoms with Crippen molar-refractivity contribution in [2.24, 2.45) is 0 Å². The molecule has 7 nitrogen and oxygen atoms in total. The van der Waals surface area contributed by atoms with E-state index < -0.39 is 0 Å². The number of methoxy groups -OCH3 is 1. The lowest BCUT2D eigenvalue weighted by Crippen LogP contribution is -2.13. The monoisotopic (exact) mass is 379 g/mol. The standard InChI is InChI=1S/C16H15Cl2N5O2/c1-25-10-22-5-4-15(21-22)16(24)20-12-7-19-23(9-12)8-11-2-3-13(17)14(18)6-11/h2-7,9H,8,10H2,1H3,(H,20,24). The largest absolute Gasteiger partial charge is 0.362 e. The summed E-state index contributed by atoms with van der Waals surface area (Å²) in [7, 11) is 1.56. The van der Waals surface area contributed by atoms with Gasteiger partial charge in [0.15, 0.2) is 5.69 Å². The van der Waals surface area contributed by atoms with E-state index in [2.05, 4.69) is 15.5 Å². The maximum Gasteiger partial charge on any atom is 0.276 e. The van der Waals surface area contributed by atoms with Crippen LogP contribution in [0.1, 0.15) is 16.1 Å². The number of carbonyl (C=O) groups excluding carboxylic acids is 1. The Labute approximate surface area is 154 Å². The van der Waals surface area contributed by atoms with Gasteiger partial charge in [-0.15, -0.1) is 0 Å². The van der Waals surface area contributed by atoms with E-state index in [9.17, 15) is 4.79 Å². The van der Waals surface area contributed by atoms with Crippen molar-refractivity contribution in [1.82, 2.24) is 19.6 Å². The topological polar surface area (TPSA) is 74.0 Å². The van der Waals surface area contributed by atoms with E-state index in [1.807, 2.05) is 6.07 Å². The Bertz CT molecular complexity index is 890. The van der Waals surface area contributed by atoms with Crippen molar-refractivity contribution in [2.45, 2.75) is 13.3 Å². The molecule has 1 N–H and O–H groups in total. The molecule has 0 saturated heterocycles. The zero-order valence-corrected chi connectivity index (χ0v) is 14.8. The number of halogens is 2. The summed E-state index contributed by atoms with van der Waals surface area (Å²) in [5, 5.41) is 12.1. The highest BCUT2D eigenvalue weighted by atomic mass is 35.5. The van der Waals surface area contributed by atoms with E-state index in [1.165, 1.54) is 4.68 Å². The van der Waals surface area contributed by atoms with Gasteiger partial charge in [0, 0.05) is 19.5 Å². The number of anilines is 1. The Kier molecular flexibility index (Phi) is 5.37. The summed E-state index contributed by atoms with van der Waals surface area (Å²) >= 11 is 11.9. The van der Waals surface area contributed by atoms with Crippen LogP contribution in [-0.2, 0) is 18.0 Å². The van der Waals surface area contributed by atoms with Crippen LogP contribution in [0.3, 0.4) is 0 Å². The molecule has 0 fully saturated rings. The van der Waals surface area contributed by atoms with Gasteiger partial charge >= 0.3 is 0 Å². The predicted molar refractivity (Wildman–Crippen MR) is 95.0 cm³/mol. The van der Waals surface area contributed by atoms with E-state index in [4.69, 9.17) is 27.9 Å². The number of benzene rings is 1. The van der Waals surface area contributed by atoms with E-state index in [-0.39, 0.29) is 12.6 Å². The van der Waals surface area contributed by atoms with Crippen molar-refractivity contribution in [2.75, 3.05) is 12.4 Å². The molecule has 1 aromatic carbocycles. The van der Waals surface area contributed by atoms with Gasteiger partial charge < -0.3 is 10.1 Å². The summed E-state index contributed by atoms with van der Waals surface area (Å²) in [5.41, 5.74) is 1.83. The van der Waals surface area contributed by atoms with E-state index >= 15 is 0 Å². The second-order valence-corrected chi connectivity index (χ2v) is 6.10. The van der Waals surface area contributed by atoms with Crippen LogP contribution in [0.15, 0.2) is 42.9 Å². The first kappa shape index (κ1) is 17.5. The maximum absolute atomic E-state index is 12.2. The number of amides is 1. The molecule has 130 valence electrons. The van der Waals surface area contributed by atoms with Crippen molar-refractivity contribution < 1.29 is 9.53 Å². The van der Waals surface area contributed by atoms with Crippen molar-refractivity contribution in [3.05, 3.63) is 64.2 Å². The van der Waals surface area contributed by atoms with Gasteiger partial charge in [0.1, 0.15) is 6.73 Å². The SMILES string of the molecule is COCn1ccc(C(=O)Nc2cnn(Cc3ccc(Cl)c(Cl)c3)c2)n1. The second kappa shape index (κ2) is 7.69. The fraction of sp³-hybridized carbons (Fsp3) is 0.188. The molecule has 2 aromatic heterocycles. The Hall–Kier alpha value is -2.35. The van der Waals surface area contributed by atoms with Gasteiger partial charge in [0.05, 0.1) is 28.5 Å². The fourth-order valence-electron chi connectivity index (χ4n) is 2.22. The number of hydrogen-bond acceptors (Lipinski definition) is 4. The van der Waals surface area contributed by atoms with Gasteiger partial charge in [-0.05, 0) is 23.8 Å². The zero-order chi connectivity index (χ0) is 17.8. The number of aromatic nitrogens is 4. The average Bonchev–Trinajstić information content (AvgIpc) is 3.21. The first-order valence-corrected chi connectivity index (χ1v) is 8.11. The highest BCUT2D eigenvalue weighted by molar-refractivity contribution is 6.42. The number of rotatable bonds is 6. The molecule has 0 aliphatic rings. The van der Waals surface area contributed by atoms with Crippen molar-refractivity contribution in [3.63, 3.8) is 0 Å². The van der Waals surface area contributed by atoms with Crippen LogP contribution >= 0.6 is 23.2 Å². The summed E-state index contributed by atoms with van der Waals surface area (Å²) < 4.78 is 8.18. The van der Waals surface area contributed by atoms with Crippen LogP contribution < -0.4 is 5.32 Å². The van der Waals surface area contributed by atoms with Crippen LogP contribution in [0.2, 0.25) is 10.0 Å². The molecule has 0 saturated carbocycles. The van der Waals surface area contributed by atoms with Crippen molar-refractivity contribution in [3.8, 4) is 0 Å². The summed E-state index contributed by atoms with van der Waals surface area (Å²) in [4.78, 5) is 12.2. The van der Waals surface area contributed by atoms with Gasteiger partial charge in [-0.25, -0.2) is 4.68 Å². The minimum Gasteiger partial charge on any atom is -0.362 e. The predicted octanol–water partition coefficient (Wildman–Crippen LogP) is 3.29. The van der Waals surface area contributed by atoms with Gasteiger partial charge in [0.25, 0.3) is 5.91 Å². The summed E-state index contributed by atoms with van der Waals surface area (Å²) in [5.74, 6) is -0.316. The van der Waals surface area contributed by atoms with Gasteiger partial charge in [-0.3, -0.25) is 9.48 Å². The minimum atomic E-state index is -0.316. The van der Waals surface area contributed by atoms with E-state index in [0.717, 1.165) is 5.56 Å². The van der Waals surface area contributed by atoms with E-state index in [1.54, 1.807) is 48.6 Å². The molecule has 0 bridgehead atoms. The summed E-state index contributed by atoms with van der Waals surface area (Å²) in [6, 6.07) is 7.01. The number of carbonyl (C=O) groups is 1. The first-order chi connectivity index (χ1) is 12.0. The Morgan fingerprint density at radius 1 is 1.24 bits per heavy atom. The quantitative estimate of drug-likeness (QED) is 0.712. The third kappa shape index (κ3) is 4.39. The number of nitrogens with zero attached hydrogens (tertiary/aromatic N) is 4. The van der Waals surface area contributed by atoms with Crippen LogP contribution in [0.4, 0.5) is 5.69 Å². The number of ether oxygens (including phenoxy) is 1. The molecule has 3 aromatic rings. The normalized spacial score (nSPS) is 10.8. The third-order valence-corrected chi connectivity index (χ3v) is 4.09. The van der Waals surface area contributed by atoms with Gasteiger partial charge in [-0.2, -0.15) is 10.2 Å². The highest BCUT2D eigenvalue weighted by Gasteiger charge is 2.11.